The summed E-state index contributed by atoms with van der Waals surface area (Å²) in [4.78, 5) is 0. The van der Waals surface area contributed by atoms with Gasteiger partial charge in [0.2, 0.25) is 11.2 Å². The van der Waals surface area contributed by atoms with Crippen molar-refractivity contribution in [1.82, 2.24) is 0 Å². The van der Waals surface area contributed by atoms with Gasteiger partial charge in [0, 0.05) is 37.8 Å². The Bertz CT molecular complexity index is 1780. The van der Waals surface area contributed by atoms with E-state index in [0.717, 1.165) is 60.6 Å². The highest BCUT2D eigenvalue weighted by Crippen LogP contribution is 2.41. The molecule has 2 heterocycles. The van der Waals surface area contributed by atoms with E-state index in [1.54, 1.807) is 6.07 Å². The minimum Gasteiger partial charge on any atom is -0.454 e. The Balaban J connectivity index is 1.83. The van der Waals surface area contributed by atoms with Crippen LogP contribution in [0.4, 0.5) is 0 Å². The number of para-hydroxylation sites is 1. The van der Waals surface area contributed by atoms with E-state index in [2.05, 4.69) is 47.9 Å². The summed E-state index contributed by atoms with van der Waals surface area (Å²) in [6.45, 7) is 1.75. The normalized spacial score (nSPS) is 13.7. The molecule has 0 aliphatic heterocycles. The minimum atomic E-state index is -2.24. The SMILES string of the molecule is [2H]C([2H])([2H])c1cc2c(oc3c4ccccc4ccc23)c(-c2cc(C)c3ccccc3[n+]2C)c1C. The lowest BCUT2D eigenvalue weighted by molar-refractivity contribution is -0.633. The molecule has 4 aromatic carbocycles. The molecule has 0 amide bonds. The van der Waals surface area contributed by atoms with Gasteiger partial charge in [-0.2, -0.15) is 4.57 Å². The number of hydrogen-bond donors (Lipinski definition) is 0. The van der Waals surface area contributed by atoms with Crippen LogP contribution in [0.15, 0.2) is 77.2 Å². The Kier molecular flexibility index (Phi) is 3.15. The Morgan fingerprint density at radius 3 is 2.35 bits per heavy atom. The maximum atomic E-state index is 8.26. The minimum absolute atomic E-state index is 0.358. The molecule has 31 heavy (non-hydrogen) atoms. The van der Waals surface area contributed by atoms with Gasteiger partial charge < -0.3 is 4.42 Å². The third kappa shape index (κ3) is 2.48. The molecule has 0 bridgehead atoms. The molecule has 0 saturated heterocycles. The van der Waals surface area contributed by atoms with Crippen molar-refractivity contribution >= 4 is 43.6 Å². The predicted molar refractivity (Wildman–Crippen MR) is 130 cm³/mol. The number of nitrogens with zero attached hydrogens (tertiary/aromatic N) is 1. The number of rotatable bonds is 1. The van der Waals surface area contributed by atoms with Gasteiger partial charge in [0.15, 0.2) is 0 Å². The van der Waals surface area contributed by atoms with Gasteiger partial charge in [0.25, 0.3) is 0 Å². The maximum Gasteiger partial charge on any atom is 0.217 e. The molecule has 0 saturated carbocycles. The third-order valence-corrected chi connectivity index (χ3v) is 6.57. The van der Waals surface area contributed by atoms with Crippen LogP contribution >= 0.6 is 0 Å². The molecular formula is C29H24NO+. The fourth-order valence-corrected chi connectivity index (χ4v) is 4.89. The molecule has 2 aromatic heterocycles. The van der Waals surface area contributed by atoms with E-state index in [1.807, 2.05) is 44.3 Å². The van der Waals surface area contributed by atoms with Gasteiger partial charge in [0.1, 0.15) is 18.2 Å². The van der Waals surface area contributed by atoms with Crippen molar-refractivity contribution in [2.24, 2.45) is 7.05 Å². The van der Waals surface area contributed by atoms with Gasteiger partial charge in [-0.1, -0.05) is 42.5 Å². The molecule has 0 aliphatic carbocycles. The number of pyridine rings is 1. The molecule has 0 spiro atoms. The number of furan rings is 1. The van der Waals surface area contributed by atoms with Crippen LogP contribution in [0.5, 0.6) is 0 Å². The largest absolute Gasteiger partial charge is 0.454 e. The molecule has 0 N–H and O–H groups in total. The molecule has 0 fully saturated rings. The molecule has 0 aliphatic rings. The van der Waals surface area contributed by atoms with Crippen LogP contribution < -0.4 is 4.57 Å². The first-order valence-corrected chi connectivity index (χ1v) is 10.5. The standard InChI is InChI=1S/C29H24NO/c1-17-15-24-23-14-13-20-9-5-6-11-22(20)28(23)31-29(24)27(19(17)3)26-16-18(2)21-10-7-8-12-25(21)30(26)4/h5-16H,1-4H3/q+1/i1D3. The van der Waals surface area contributed by atoms with Gasteiger partial charge in [-0.25, -0.2) is 0 Å². The number of fused-ring (bicyclic) bond motifs is 6. The van der Waals surface area contributed by atoms with E-state index in [1.165, 1.54) is 5.39 Å². The predicted octanol–water partition coefficient (Wildman–Crippen LogP) is 7.31. The molecule has 2 nitrogen and oxygen atoms in total. The van der Waals surface area contributed by atoms with Crippen molar-refractivity contribution < 1.29 is 13.1 Å². The zero-order valence-corrected chi connectivity index (χ0v) is 17.8. The Hall–Kier alpha value is -3.65. The lowest BCUT2D eigenvalue weighted by Gasteiger charge is -2.11. The zero-order valence-electron chi connectivity index (χ0n) is 20.8. The molecule has 0 unspecified atom stereocenters. The number of aromatic nitrogens is 1. The highest BCUT2D eigenvalue weighted by Gasteiger charge is 2.24. The first-order chi connectivity index (χ1) is 16.3. The second kappa shape index (κ2) is 6.42. The van der Waals surface area contributed by atoms with Crippen molar-refractivity contribution in [3.8, 4) is 11.3 Å². The molecule has 2 heteroatoms. The average Bonchev–Trinajstić information content (AvgIpc) is 3.19. The van der Waals surface area contributed by atoms with Gasteiger partial charge in [-0.05, 0) is 61.0 Å². The summed E-state index contributed by atoms with van der Waals surface area (Å²) in [5.74, 6) is 0. The summed E-state index contributed by atoms with van der Waals surface area (Å²) in [6, 6.07) is 24.5. The number of aryl methyl sites for hydroxylation is 3. The monoisotopic (exact) mass is 405 g/mol. The molecule has 150 valence electrons. The summed E-state index contributed by atoms with van der Waals surface area (Å²) in [7, 11) is 2.03. The quantitative estimate of drug-likeness (QED) is 0.262. The van der Waals surface area contributed by atoms with Crippen molar-refractivity contribution in [2.75, 3.05) is 0 Å². The molecule has 0 atom stereocenters. The van der Waals surface area contributed by atoms with Crippen LogP contribution in [0.25, 0.3) is 54.9 Å². The van der Waals surface area contributed by atoms with Crippen LogP contribution in [0, 0.1) is 20.7 Å². The van der Waals surface area contributed by atoms with Gasteiger partial charge in [-0.3, -0.25) is 0 Å². The summed E-state index contributed by atoms with van der Waals surface area (Å²) in [6.07, 6.45) is 0. The Morgan fingerprint density at radius 1 is 0.742 bits per heavy atom. The van der Waals surface area contributed by atoms with Crippen LogP contribution in [0.2, 0.25) is 0 Å². The molecule has 6 aromatic rings. The third-order valence-electron chi connectivity index (χ3n) is 6.57. The van der Waals surface area contributed by atoms with E-state index >= 15 is 0 Å². The first kappa shape index (κ1) is 15.2. The van der Waals surface area contributed by atoms with E-state index in [4.69, 9.17) is 8.53 Å². The van der Waals surface area contributed by atoms with E-state index in [-0.39, 0.29) is 0 Å². The summed E-state index contributed by atoms with van der Waals surface area (Å²) >= 11 is 0. The number of benzene rings is 4. The lowest BCUT2D eigenvalue weighted by atomic mass is 9.94. The van der Waals surface area contributed by atoms with Crippen LogP contribution in [0.1, 0.15) is 20.8 Å². The molecule has 0 radical (unpaired) electrons. The lowest BCUT2D eigenvalue weighted by Crippen LogP contribution is -2.32. The highest BCUT2D eigenvalue weighted by atomic mass is 16.3. The fraction of sp³-hybridized carbons (Fsp3) is 0.138. The molecule has 6 rings (SSSR count). The second-order valence-electron chi connectivity index (χ2n) is 8.36. The summed E-state index contributed by atoms with van der Waals surface area (Å²) in [5.41, 5.74) is 6.59. The highest BCUT2D eigenvalue weighted by molar-refractivity contribution is 6.17. The maximum absolute atomic E-state index is 8.26. The van der Waals surface area contributed by atoms with Gasteiger partial charge >= 0.3 is 0 Å². The Morgan fingerprint density at radius 2 is 1.52 bits per heavy atom. The van der Waals surface area contributed by atoms with Crippen LogP contribution in [-0.4, -0.2) is 0 Å². The summed E-state index contributed by atoms with van der Waals surface area (Å²) in [5, 5.41) is 5.05. The smallest absolute Gasteiger partial charge is 0.217 e. The van der Waals surface area contributed by atoms with Crippen molar-refractivity contribution in [1.29, 1.82) is 0 Å². The second-order valence-corrected chi connectivity index (χ2v) is 8.36. The van der Waals surface area contributed by atoms with Crippen molar-refractivity contribution in [3.05, 3.63) is 89.5 Å². The topological polar surface area (TPSA) is 17.0 Å². The van der Waals surface area contributed by atoms with E-state index in [0.29, 0.717) is 5.56 Å². The fourth-order valence-electron chi connectivity index (χ4n) is 4.89. The van der Waals surface area contributed by atoms with Crippen LogP contribution in [-0.2, 0) is 7.05 Å². The first-order valence-electron chi connectivity index (χ1n) is 12.0. The Labute approximate surface area is 185 Å². The van der Waals surface area contributed by atoms with Gasteiger partial charge in [0.05, 0.1) is 5.56 Å². The van der Waals surface area contributed by atoms with Gasteiger partial charge in [-0.15, -0.1) is 0 Å². The average molecular weight is 406 g/mol. The van der Waals surface area contributed by atoms with Crippen molar-refractivity contribution in [3.63, 3.8) is 0 Å². The summed E-state index contributed by atoms with van der Waals surface area (Å²) < 4.78 is 33.5. The van der Waals surface area contributed by atoms with Crippen LogP contribution in [0.3, 0.4) is 0 Å². The zero-order chi connectivity index (χ0) is 23.8. The number of hydrogen-bond acceptors (Lipinski definition) is 1. The molecular weight excluding hydrogens is 378 g/mol. The van der Waals surface area contributed by atoms with E-state index in [9.17, 15) is 0 Å². The van der Waals surface area contributed by atoms with Crippen molar-refractivity contribution in [2.45, 2.75) is 20.7 Å². The van der Waals surface area contributed by atoms with E-state index < -0.39 is 6.85 Å².